The Morgan fingerprint density at radius 1 is 1.00 bits per heavy atom. The molecule has 0 spiro atoms. The largest absolute Gasteiger partial charge is 0 e. The van der Waals surface area contributed by atoms with Crippen LogP contribution in [0, 0.1) is 36.9 Å². The van der Waals surface area contributed by atoms with Crippen molar-refractivity contribution < 1.29 is 36.9 Å². The zero-order chi connectivity index (χ0) is 3.58. The average Bonchev–Trinajstić information content (AvgIpc) is 0.811. The predicted octanol–water partition coefficient (Wildman–Crippen LogP) is 1.63. The van der Waals surface area contributed by atoms with Gasteiger partial charge in [0.25, 0.3) is 0 Å². The van der Waals surface area contributed by atoms with Crippen LogP contribution in [-0.4, -0.2) is 60.6 Å². The molecular weight excluding hydrogens is 804 g/mol. The standard InChI is InChI=1S/Bi.3HI.K.Lu.H/h;3*1H;;;/q+3;;;;;;/p-3. The van der Waals surface area contributed by atoms with Gasteiger partial charge in [0.1, 0.15) is 0 Å². The van der Waals surface area contributed by atoms with Crippen molar-refractivity contribution in [2.24, 2.45) is 0 Å². The summed E-state index contributed by atoms with van der Waals surface area (Å²) in [5.41, 5.74) is 0. The Hall–Kier alpha value is 5.94. The molecular formula is HBiI3KLu. The molecule has 0 amide bonds. The van der Waals surface area contributed by atoms with Crippen molar-refractivity contribution in [2.75, 3.05) is 0 Å². The van der Waals surface area contributed by atoms with Crippen LogP contribution in [-0.2, 0) is 0 Å². The summed E-state index contributed by atoms with van der Waals surface area (Å²) in [6.07, 6.45) is 0. The van der Waals surface area contributed by atoms with E-state index in [2.05, 4.69) is 54.1 Å². The van der Waals surface area contributed by atoms with Gasteiger partial charge in [-0.25, -0.2) is 0 Å². The van der Waals surface area contributed by atoms with Crippen LogP contribution in [0.2, 0.25) is 0 Å². The minimum Gasteiger partial charge on any atom is 0 e. The molecule has 0 aliphatic heterocycles. The number of rotatable bonds is 0. The molecule has 0 atom stereocenters. The first-order valence-corrected chi connectivity index (χ1v) is 29.8. The molecule has 6 heteroatoms. The predicted molar refractivity (Wildman–Crippen MR) is 55.0 cm³/mol. The maximum Gasteiger partial charge on any atom is 0 e. The molecule has 0 aliphatic rings. The van der Waals surface area contributed by atoms with Gasteiger partial charge in [-0.15, -0.1) is 0 Å². The normalized spacial score (nSPS) is 6.00. The third-order valence-corrected chi connectivity index (χ3v) is 0. The molecule has 0 aromatic heterocycles. The van der Waals surface area contributed by atoms with Crippen LogP contribution in [0.5, 0.6) is 0 Å². The van der Waals surface area contributed by atoms with Crippen LogP contribution >= 0.6 is 54.1 Å². The molecule has 0 aromatic carbocycles. The first-order chi connectivity index (χ1) is 1.73. The second-order valence-electron chi connectivity index (χ2n) is 0.192. The van der Waals surface area contributed by atoms with Crippen LogP contribution in [0.4, 0.5) is 0 Å². The molecule has 0 unspecified atom stereocenters. The topological polar surface area (TPSA) is 0 Å². The number of hydrogen-bond donors (Lipinski definition) is 0. The summed E-state index contributed by atoms with van der Waals surface area (Å²) < 4.78 is 0. The second-order valence-corrected chi connectivity index (χ2v) is 75.7. The third-order valence-electron chi connectivity index (χ3n) is 0. The molecule has 0 rings (SSSR count). The molecule has 0 fully saturated rings. The summed E-state index contributed by atoms with van der Waals surface area (Å²) in [4.78, 5) is 0. The molecule has 6 heavy (non-hydrogen) atoms. The number of hydrogen-bond acceptors (Lipinski definition) is 0. The van der Waals surface area contributed by atoms with E-state index in [9.17, 15) is 0 Å². The average molecular weight is 805 g/mol. The van der Waals surface area contributed by atoms with Crippen LogP contribution in [0.25, 0.3) is 0 Å². The van der Waals surface area contributed by atoms with Gasteiger partial charge in [0.05, 0.1) is 0 Å². The smallest absolute Gasteiger partial charge is 0 e. The van der Waals surface area contributed by atoms with E-state index in [4.69, 9.17) is 0 Å². The van der Waals surface area contributed by atoms with Crippen LogP contribution in [0.3, 0.4) is 0 Å². The summed E-state index contributed by atoms with van der Waals surface area (Å²) in [5.74, 6) is 0. The Morgan fingerprint density at radius 3 is 1.00 bits per heavy atom. The zero-order valence-corrected chi connectivity index (χ0v) is 13.4. The molecule has 0 saturated carbocycles. The van der Waals surface area contributed by atoms with E-state index >= 15 is 0 Å². The van der Waals surface area contributed by atoms with Gasteiger partial charge in [-0.3, -0.25) is 0 Å². The van der Waals surface area contributed by atoms with Crippen LogP contribution in [0.15, 0.2) is 0 Å². The fourth-order valence-corrected chi connectivity index (χ4v) is 0. The Labute approximate surface area is 145 Å². The Bertz CT molecular complexity index is 15.5. The van der Waals surface area contributed by atoms with E-state index in [-0.39, 0.29) is 88.3 Å². The van der Waals surface area contributed by atoms with Gasteiger partial charge in [0.2, 0.25) is 0 Å². The summed E-state index contributed by atoms with van der Waals surface area (Å²) in [7, 11) is -0.683. The van der Waals surface area contributed by atoms with E-state index in [1.807, 2.05) is 0 Å². The van der Waals surface area contributed by atoms with Crippen molar-refractivity contribution >= 4 is 115 Å². The SMILES string of the molecule is [I][Bi]([I])[I].[KH].[Lu]. The maximum atomic E-state index is 2.52. The third kappa shape index (κ3) is 22.5. The van der Waals surface area contributed by atoms with Crippen molar-refractivity contribution in [1.29, 1.82) is 0 Å². The first-order valence-electron chi connectivity index (χ1n) is 0.507. The fourth-order valence-electron chi connectivity index (χ4n) is 0. The second kappa shape index (κ2) is 13.5. The van der Waals surface area contributed by atoms with Crippen molar-refractivity contribution in [3.05, 3.63) is 0 Å². The first kappa shape index (κ1) is 17.9. The molecule has 0 N–H and O–H groups in total. The maximum absolute atomic E-state index is 2.52. The Balaban J connectivity index is -0.0000000450. The van der Waals surface area contributed by atoms with Gasteiger partial charge in [0.15, 0.2) is 0 Å². The molecule has 0 nitrogen and oxygen atoms in total. The molecule has 0 aromatic rings. The fraction of sp³-hybridized carbons (Fsp3) is 0. The van der Waals surface area contributed by atoms with Crippen molar-refractivity contribution in [1.82, 2.24) is 0 Å². The van der Waals surface area contributed by atoms with E-state index in [1.54, 1.807) is 0 Å². The Morgan fingerprint density at radius 2 is 1.00 bits per heavy atom. The quantitative estimate of drug-likeness (QED) is 0.259. The van der Waals surface area contributed by atoms with Gasteiger partial charge >= 0.3 is 115 Å². The van der Waals surface area contributed by atoms with E-state index < -0.39 is 9.18 Å². The summed E-state index contributed by atoms with van der Waals surface area (Å²) in [5, 5.41) is 0. The van der Waals surface area contributed by atoms with Crippen LogP contribution < -0.4 is 0 Å². The Kier molecular flexibility index (Phi) is 40.3. The van der Waals surface area contributed by atoms with E-state index in [0.717, 1.165) is 0 Å². The molecule has 0 aliphatic carbocycles. The minimum atomic E-state index is -0.683. The number of halogens is 3. The van der Waals surface area contributed by atoms with Gasteiger partial charge in [-0.1, -0.05) is 0 Å². The molecule has 0 bridgehead atoms. The molecule has 0 saturated heterocycles. The van der Waals surface area contributed by atoms with E-state index in [0.29, 0.717) is 0 Å². The van der Waals surface area contributed by atoms with Crippen molar-refractivity contribution in [3.63, 3.8) is 0 Å². The summed E-state index contributed by atoms with van der Waals surface area (Å²) in [6, 6.07) is 0. The molecule has 0 heterocycles. The monoisotopic (exact) mass is 805 g/mol. The summed E-state index contributed by atoms with van der Waals surface area (Å²) >= 11 is 7.56. The van der Waals surface area contributed by atoms with Gasteiger partial charge in [-0.05, 0) is 0 Å². The van der Waals surface area contributed by atoms with Crippen molar-refractivity contribution in [3.8, 4) is 0 Å². The van der Waals surface area contributed by atoms with Gasteiger partial charge in [-0.2, -0.15) is 0 Å². The van der Waals surface area contributed by atoms with Gasteiger partial charge < -0.3 is 0 Å². The summed E-state index contributed by atoms with van der Waals surface area (Å²) in [6.45, 7) is 0. The molecule has 43 valence electrons. The zero-order valence-electron chi connectivity index (χ0n) is 1.84. The van der Waals surface area contributed by atoms with E-state index in [1.165, 1.54) is 0 Å². The van der Waals surface area contributed by atoms with Gasteiger partial charge in [0, 0.05) is 36.9 Å². The van der Waals surface area contributed by atoms with Crippen molar-refractivity contribution in [2.45, 2.75) is 0 Å². The molecule has 1 radical (unpaired) electrons. The minimum absolute atomic E-state index is 0. The van der Waals surface area contributed by atoms with Crippen LogP contribution in [0.1, 0.15) is 0 Å².